The first-order valence-electron chi connectivity index (χ1n) is 7.74. The Kier molecular flexibility index (Phi) is 4.22. The summed E-state index contributed by atoms with van der Waals surface area (Å²) in [6, 6.07) is 8.88. The molecule has 0 bridgehead atoms. The number of rotatable bonds is 6. The van der Waals surface area contributed by atoms with Crippen LogP contribution in [0, 0.1) is 5.82 Å². The minimum absolute atomic E-state index is 0.220. The Balaban J connectivity index is 1.75. The molecular formula is C17H21FN4. The van der Waals surface area contributed by atoms with Gasteiger partial charge in [-0.05, 0) is 44.4 Å². The molecule has 0 unspecified atom stereocenters. The maximum absolute atomic E-state index is 13.2. The SMILES string of the molecule is CC(C)Nc1nc(NCc2cccc(F)c2)cc(C2CC2)n1. The first-order chi connectivity index (χ1) is 10.6. The van der Waals surface area contributed by atoms with Crippen LogP contribution in [0.25, 0.3) is 0 Å². The molecule has 0 aliphatic heterocycles. The van der Waals surface area contributed by atoms with Gasteiger partial charge >= 0.3 is 0 Å². The number of aromatic nitrogens is 2. The van der Waals surface area contributed by atoms with Crippen molar-refractivity contribution < 1.29 is 4.39 Å². The first kappa shape index (κ1) is 14.8. The van der Waals surface area contributed by atoms with Crippen LogP contribution in [0.1, 0.15) is 43.9 Å². The van der Waals surface area contributed by atoms with E-state index in [1.807, 2.05) is 12.1 Å². The summed E-state index contributed by atoms with van der Waals surface area (Å²) in [4.78, 5) is 9.08. The van der Waals surface area contributed by atoms with E-state index in [1.54, 1.807) is 6.07 Å². The van der Waals surface area contributed by atoms with E-state index in [1.165, 1.54) is 25.0 Å². The molecule has 0 radical (unpaired) electrons. The van der Waals surface area contributed by atoms with Gasteiger partial charge in [0, 0.05) is 24.6 Å². The van der Waals surface area contributed by atoms with Gasteiger partial charge in [0.25, 0.3) is 0 Å². The summed E-state index contributed by atoms with van der Waals surface area (Å²) in [5.41, 5.74) is 1.98. The van der Waals surface area contributed by atoms with Gasteiger partial charge in [-0.2, -0.15) is 4.98 Å². The molecule has 5 heteroatoms. The molecule has 0 saturated heterocycles. The van der Waals surface area contributed by atoms with Crippen molar-refractivity contribution in [2.75, 3.05) is 10.6 Å². The Morgan fingerprint density at radius 3 is 2.73 bits per heavy atom. The summed E-state index contributed by atoms with van der Waals surface area (Å²) in [6.45, 7) is 4.67. The molecule has 1 aliphatic carbocycles. The van der Waals surface area contributed by atoms with Crippen molar-refractivity contribution in [3.8, 4) is 0 Å². The third-order valence-corrected chi connectivity index (χ3v) is 3.52. The van der Waals surface area contributed by atoms with E-state index >= 15 is 0 Å². The Labute approximate surface area is 130 Å². The largest absolute Gasteiger partial charge is 0.366 e. The van der Waals surface area contributed by atoms with Gasteiger partial charge in [0.2, 0.25) is 5.95 Å². The lowest BCUT2D eigenvalue weighted by Crippen LogP contribution is -2.14. The Morgan fingerprint density at radius 2 is 2.05 bits per heavy atom. The Bertz CT molecular complexity index is 653. The molecule has 22 heavy (non-hydrogen) atoms. The highest BCUT2D eigenvalue weighted by Gasteiger charge is 2.26. The molecule has 1 heterocycles. The summed E-state index contributed by atoms with van der Waals surface area (Å²) in [5, 5.41) is 6.52. The highest BCUT2D eigenvalue weighted by Crippen LogP contribution is 2.39. The zero-order valence-corrected chi connectivity index (χ0v) is 12.9. The summed E-state index contributed by atoms with van der Waals surface area (Å²) < 4.78 is 13.2. The molecule has 4 nitrogen and oxygen atoms in total. The van der Waals surface area contributed by atoms with Crippen LogP contribution >= 0.6 is 0 Å². The normalized spacial score (nSPS) is 14.2. The topological polar surface area (TPSA) is 49.8 Å². The third kappa shape index (κ3) is 3.93. The molecular weight excluding hydrogens is 279 g/mol. The van der Waals surface area contributed by atoms with Gasteiger partial charge < -0.3 is 10.6 Å². The number of halogens is 1. The monoisotopic (exact) mass is 300 g/mol. The van der Waals surface area contributed by atoms with Crippen LogP contribution in [0.3, 0.4) is 0 Å². The molecule has 116 valence electrons. The smallest absolute Gasteiger partial charge is 0.225 e. The Hall–Kier alpha value is -2.17. The predicted molar refractivity (Wildman–Crippen MR) is 86.5 cm³/mol. The average molecular weight is 300 g/mol. The van der Waals surface area contributed by atoms with Gasteiger partial charge in [-0.3, -0.25) is 0 Å². The average Bonchev–Trinajstić information content (AvgIpc) is 3.29. The highest BCUT2D eigenvalue weighted by atomic mass is 19.1. The minimum Gasteiger partial charge on any atom is -0.366 e. The lowest BCUT2D eigenvalue weighted by atomic mass is 10.2. The lowest BCUT2D eigenvalue weighted by Gasteiger charge is -2.13. The van der Waals surface area contributed by atoms with Crippen molar-refractivity contribution in [1.82, 2.24) is 9.97 Å². The maximum atomic E-state index is 13.2. The molecule has 2 N–H and O–H groups in total. The molecule has 3 rings (SSSR count). The van der Waals surface area contributed by atoms with Gasteiger partial charge in [0.15, 0.2) is 0 Å². The summed E-state index contributed by atoms with van der Waals surface area (Å²) in [6.07, 6.45) is 2.39. The van der Waals surface area contributed by atoms with Crippen LogP contribution in [-0.2, 0) is 6.54 Å². The molecule has 0 amide bonds. The molecule has 1 saturated carbocycles. The van der Waals surface area contributed by atoms with E-state index < -0.39 is 0 Å². The molecule has 1 aromatic carbocycles. The van der Waals surface area contributed by atoms with Gasteiger partial charge in [0.05, 0.1) is 5.69 Å². The van der Waals surface area contributed by atoms with Crippen LogP contribution in [-0.4, -0.2) is 16.0 Å². The summed E-state index contributed by atoms with van der Waals surface area (Å²) in [5.74, 6) is 1.78. The van der Waals surface area contributed by atoms with Crippen LogP contribution in [0.15, 0.2) is 30.3 Å². The van der Waals surface area contributed by atoms with E-state index in [0.29, 0.717) is 18.4 Å². The molecule has 2 aromatic rings. The van der Waals surface area contributed by atoms with Crippen molar-refractivity contribution in [1.29, 1.82) is 0 Å². The van der Waals surface area contributed by atoms with Gasteiger partial charge in [-0.25, -0.2) is 9.37 Å². The zero-order chi connectivity index (χ0) is 15.5. The van der Waals surface area contributed by atoms with Gasteiger partial charge in [-0.15, -0.1) is 0 Å². The van der Waals surface area contributed by atoms with Crippen molar-refractivity contribution in [3.05, 3.63) is 47.4 Å². The fourth-order valence-electron chi connectivity index (χ4n) is 2.31. The number of nitrogens with one attached hydrogen (secondary N) is 2. The van der Waals surface area contributed by atoms with E-state index in [9.17, 15) is 4.39 Å². The molecule has 1 aromatic heterocycles. The standard InChI is InChI=1S/C17H21FN4/c1-11(2)20-17-21-15(13-6-7-13)9-16(22-17)19-10-12-4-3-5-14(18)8-12/h3-5,8-9,11,13H,6-7,10H2,1-2H3,(H2,19,20,21,22). The zero-order valence-electron chi connectivity index (χ0n) is 12.9. The molecule has 0 spiro atoms. The molecule has 1 fully saturated rings. The second-order valence-electron chi connectivity index (χ2n) is 6.06. The highest BCUT2D eigenvalue weighted by molar-refractivity contribution is 5.44. The molecule has 0 atom stereocenters. The maximum Gasteiger partial charge on any atom is 0.225 e. The summed E-state index contributed by atoms with van der Waals surface area (Å²) in [7, 11) is 0. The van der Waals surface area contributed by atoms with Crippen molar-refractivity contribution in [3.63, 3.8) is 0 Å². The van der Waals surface area contributed by atoms with E-state index in [2.05, 4.69) is 34.4 Å². The first-order valence-corrected chi connectivity index (χ1v) is 7.74. The fraction of sp³-hybridized carbons (Fsp3) is 0.412. The third-order valence-electron chi connectivity index (χ3n) is 3.52. The van der Waals surface area contributed by atoms with Crippen LogP contribution < -0.4 is 10.6 Å². The second kappa shape index (κ2) is 6.30. The van der Waals surface area contributed by atoms with E-state index in [4.69, 9.17) is 0 Å². The number of anilines is 2. The quantitative estimate of drug-likeness (QED) is 0.849. The summed E-state index contributed by atoms with van der Waals surface area (Å²) >= 11 is 0. The van der Waals surface area contributed by atoms with E-state index in [-0.39, 0.29) is 11.9 Å². The van der Waals surface area contributed by atoms with E-state index in [0.717, 1.165) is 17.1 Å². The van der Waals surface area contributed by atoms with Crippen molar-refractivity contribution in [2.45, 2.75) is 45.2 Å². The predicted octanol–water partition coefficient (Wildman–Crippen LogP) is 3.93. The molecule has 1 aliphatic rings. The number of hydrogen-bond donors (Lipinski definition) is 2. The Morgan fingerprint density at radius 1 is 1.23 bits per heavy atom. The number of benzene rings is 1. The van der Waals surface area contributed by atoms with Crippen LogP contribution in [0.2, 0.25) is 0 Å². The fourth-order valence-corrected chi connectivity index (χ4v) is 2.31. The van der Waals surface area contributed by atoms with Crippen LogP contribution in [0.4, 0.5) is 16.2 Å². The van der Waals surface area contributed by atoms with Crippen molar-refractivity contribution in [2.24, 2.45) is 0 Å². The second-order valence-corrected chi connectivity index (χ2v) is 6.06. The number of nitrogens with zero attached hydrogens (tertiary/aromatic N) is 2. The van der Waals surface area contributed by atoms with Crippen LogP contribution in [0.5, 0.6) is 0 Å². The lowest BCUT2D eigenvalue weighted by molar-refractivity contribution is 0.626. The van der Waals surface area contributed by atoms with Crippen molar-refractivity contribution >= 4 is 11.8 Å². The number of hydrogen-bond acceptors (Lipinski definition) is 4. The minimum atomic E-state index is -0.220. The van der Waals surface area contributed by atoms with Gasteiger partial charge in [0.1, 0.15) is 11.6 Å². The van der Waals surface area contributed by atoms with Gasteiger partial charge in [-0.1, -0.05) is 12.1 Å².